The lowest BCUT2D eigenvalue weighted by Crippen LogP contribution is -2.22. The zero-order valence-corrected chi connectivity index (χ0v) is 11.5. The first-order chi connectivity index (χ1) is 8.47. The lowest BCUT2D eigenvalue weighted by Gasteiger charge is -2.16. The topological polar surface area (TPSA) is 55.4 Å². The van der Waals surface area contributed by atoms with Gasteiger partial charge in [-0.25, -0.2) is 8.42 Å². The van der Waals surface area contributed by atoms with Crippen LogP contribution in [0.5, 0.6) is 0 Å². The molecule has 0 bridgehead atoms. The van der Waals surface area contributed by atoms with E-state index in [-0.39, 0.29) is 6.10 Å². The molecule has 18 heavy (non-hydrogen) atoms. The number of benzene rings is 1. The van der Waals surface area contributed by atoms with Crippen LogP contribution in [0.2, 0.25) is 0 Å². The quantitative estimate of drug-likeness (QED) is 0.881. The Hall–Kier alpha value is -0.910. The fourth-order valence-electron chi connectivity index (χ4n) is 2.00. The minimum absolute atomic E-state index is 0.00330. The summed E-state index contributed by atoms with van der Waals surface area (Å²) in [5.74, 6) is 0.505. The van der Waals surface area contributed by atoms with Crippen LogP contribution in [0.4, 0.5) is 0 Å². The van der Waals surface area contributed by atoms with Crippen LogP contribution in [0.25, 0.3) is 0 Å². The third-order valence-electron chi connectivity index (χ3n) is 3.08. The highest BCUT2D eigenvalue weighted by Crippen LogP contribution is 2.21. The molecule has 4 nitrogen and oxygen atoms in total. The van der Waals surface area contributed by atoms with Gasteiger partial charge in [0.15, 0.2) is 9.84 Å². The van der Waals surface area contributed by atoms with Gasteiger partial charge in [-0.15, -0.1) is 0 Å². The van der Waals surface area contributed by atoms with E-state index in [1.54, 1.807) is 12.1 Å². The van der Waals surface area contributed by atoms with Crippen molar-refractivity contribution in [1.29, 1.82) is 0 Å². The van der Waals surface area contributed by atoms with Gasteiger partial charge in [0.2, 0.25) is 0 Å². The Morgan fingerprint density at radius 2 is 1.89 bits per heavy atom. The molecule has 100 valence electrons. The highest BCUT2D eigenvalue weighted by atomic mass is 32.2. The second kappa shape index (κ2) is 5.38. The van der Waals surface area contributed by atoms with Gasteiger partial charge in [-0.05, 0) is 23.6 Å². The molecule has 1 aromatic rings. The van der Waals surface area contributed by atoms with Crippen molar-refractivity contribution in [3.8, 4) is 0 Å². The van der Waals surface area contributed by atoms with Crippen molar-refractivity contribution in [3.05, 3.63) is 29.8 Å². The maximum atomic E-state index is 11.4. The normalized spacial score (nSPS) is 25.7. The fraction of sp³-hybridized carbons (Fsp3) is 0.538. The molecule has 0 amide bonds. The Balaban J connectivity index is 2.14. The van der Waals surface area contributed by atoms with Gasteiger partial charge in [-0.1, -0.05) is 19.1 Å². The zero-order chi connectivity index (χ0) is 13.2. The van der Waals surface area contributed by atoms with Gasteiger partial charge < -0.3 is 10.1 Å². The van der Waals surface area contributed by atoms with Crippen LogP contribution in [0.15, 0.2) is 29.2 Å². The molecule has 1 heterocycles. The van der Waals surface area contributed by atoms with Gasteiger partial charge in [0.25, 0.3) is 0 Å². The number of hydrogen-bond donors (Lipinski definition) is 1. The minimum Gasteiger partial charge on any atom is -0.372 e. The molecule has 0 aliphatic carbocycles. The van der Waals surface area contributed by atoms with E-state index in [0.29, 0.717) is 10.8 Å². The van der Waals surface area contributed by atoms with E-state index in [0.717, 1.165) is 25.3 Å². The molecule has 5 heteroatoms. The summed E-state index contributed by atoms with van der Waals surface area (Å²) in [7, 11) is -3.12. The molecule has 2 unspecified atom stereocenters. The van der Waals surface area contributed by atoms with Crippen LogP contribution in [0.1, 0.15) is 18.6 Å². The molecular weight excluding hydrogens is 250 g/mol. The largest absolute Gasteiger partial charge is 0.372 e. The Bertz CT molecular complexity index is 495. The molecule has 1 aliphatic heterocycles. The molecule has 1 aliphatic rings. The zero-order valence-electron chi connectivity index (χ0n) is 10.7. The predicted molar refractivity (Wildman–Crippen MR) is 70.3 cm³/mol. The highest BCUT2D eigenvalue weighted by molar-refractivity contribution is 7.90. The summed E-state index contributed by atoms with van der Waals surface area (Å²) in [5.41, 5.74) is 1.02. The maximum Gasteiger partial charge on any atom is 0.175 e. The van der Waals surface area contributed by atoms with E-state index >= 15 is 0 Å². The smallest absolute Gasteiger partial charge is 0.175 e. The summed E-state index contributed by atoms with van der Waals surface area (Å²) >= 11 is 0. The molecule has 2 rings (SSSR count). The number of rotatable bonds is 2. The first-order valence-corrected chi connectivity index (χ1v) is 7.98. The number of sulfone groups is 1. The van der Waals surface area contributed by atoms with E-state index in [4.69, 9.17) is 4.74 Å². The molecule has 0 spiro atoms. The number of ether oxygens (including phenoxy) is 1. The lowest BCUT2D eigenvalue weighted by atomic mass is 10.1. The van der Waals surface area contributed by atoms with Crippen LogP contribution >= 0.6 is 0 Å². The molecule has 1 saturated heterocycles. The Labute approximate surface area is 108 Å². The highest BCUT2D eigenvalue weighted by Gasteiger charge is 2.18. The minimum atomic E-state index is -3.12. The Kier molecular flexibility index (Phi) is 4.04. The van der Waals surface area contributed by atoms with Crippen molar-refractivity contribution in [2.75, 3.05) is 26.0 Å². The Morgan fingerprint density at radius 3 is 2.50 bits per heavy atom. The van der Waals surface area contributed by atoms with Crippen molar-refractivity contribution in [2.24, 2.45) is 5.92 Å². The molecule has 1 aromatic carbocycles. The van der Waals surface area contributed by atoms with Gasteiger partial charge in [0.05, 0.1) is 17.6 Å². The molecule has 0 saturated carbocycles. The van der Waals surface area contributed by atoms with Gasteiger partial charge in [-0.3, -0.25) is 0 Å². The van der Waals surface area contributed by atoms with E-state index in [1.807, 2.05) is 12.1 Å². The van der Waals surface area contributed by atoms with Gasteiger partial charge >= 0.3 is 0 Å². The standard InChI is InChI=1S/C13H19NO3S/c1-10-7-14-8-13(17-9-10)11-3-5-12(6-4-11)18(2,15)16/h3-6,10,13-14H,7-9H2,1-2H3. The third kappa shape index (κ3) is 3.31. The van der Waals surface area contributed by atoms with Crippen molar-refractivity contribution >= 4 is 9.84 Å². The predicted octanol–water partition coefficient (Wildman–Crippen LogP) is 1.39. The van der Waals surface area contributed by atoms with Crippen LogP contribution in [-0.4, -0.2) is 34.4 Å². The van der Waals surface area contributed by atoms with Gasteiger partial charge in [0, 0.05) is 19.3 Å². The number of nitrogens with one attached hydrogen (secondary N) is 1. The van der Waals surface area contributed by atoms with Crippen LogP contribution in [0, 0.1) is 5.92 Å². The lowest BCUT2D eigenvalue weighted by molar-refractivity contribution is 0.0515. The third-order valence-corrected chi connectivity index (χ3v) is 4.21. The van der Waals surface area contributed by atoms with Crippen LogP contribution in [-0.2, 0) is 14.6 Å². The second-order valence-corrected chi connectivity index (χ2v) is 6.94. The number of hydrogen-bond acceptors (Lipinski definition) is 4. The molecule has 1 N–H and O–H groups in total. The average Bonchev–Trinajstić information content (AvgIpc) is 2.53. The van der Waals surface area contributed by atoms with Crippen molar-refractivity contribution in [1.82, 2.24) is 5.32 Å². The summed E-state index contributed by atoms with van der Waals surface area (Å²) in [4.78, 5) is 0.348. The summed E-state index contributed by atoms with van der Waals surface area (Å²) < 4.78 is 28.6. The fourth-order valence-corrected chi connectivity index (χ4v) is 2.63. The molecule has 0 radical (unpaired) electrons. The van der Waals surface area contributed by atoms with E-state index in [2.05, 4.69) is 12.2 Å². The van der Waals surface area contributed by atoms with Crippen LogP contribution in [0.3, 0.4) is 0 Å². The summed E-state index contributed by atoms with van der Waals surface area (Å²) in [6.07, 6.45) is 1.22. The summed E-state index contributed by atoms with van der Waals surface area (Å²) in [6, 6.07) is 6.95. The van der Waals surface area contributed by atoms with E-state index in [9.17, 15) is 8.42 Å². The summed E-state index contributed by atoms with van der Waals surface area (Å²) in [5, 5.41) is 3.35. The Morgan fingerprint density at radius 1 is 1.22 bits per heavy atom. The molecule has 0 aromatic heterocycles. The second-order valence-electron chi connectivity index (χ2n) is 4.93. The van der Waals surface area contributed by atoms with Gasteiger partial charge in [-0.2, -0.15) is 0 Å². The van der Waals surface area contributed by atoms with Gasteiger partial charge in [0.1, 0.15) is 0 Å². The SMILES string of the molecule is CC1CNCC(c2ccc(S(C)(=O)=O)cc2)OC1. The molecule has 2 atom stereocenters. The van der Waals surface area contributed by atoms with E-state index in [1.165, 1.54) is 6.26 Å². The first-order valence-electron chi connectivity index (χ1n) is 6.09. The maximum absolute atomic E-state index is 11.4. The van der Waals surface area contributed by atoms with Crippen LogP contribution < -0.4 is 5.32 Å². The van der Waals surface area contributed by atoms with Crippen molar-refractivity contribution in [2.45, 2.75) is 17.9 Å². The van der Waals surface area contributed by atoms with Crippen molar-refractivity contribution < 1.29 is 13.2 Å². The monoisotopic (exact) mass is 269 g/mol. The molecule has 1 fully saturated rings. The summed E-state index contributed by atoms with van der Waals surface area (Å²) in [6.45, 7) is 4.59. The van der Waals surface area contributed by atoms with Crippen molar-refractivity contribution in [3.63, 3.8) is 0 Å². The first kappa shape index (κ1) is 13.5. The molecular formula is C13H19NO3S. The average molecular weight is 269 g/mol. The van der Waals surface area contributed by atoms with E-state index < -0.39 is 9.84 Å².